The highest BCUT2D eigenvalue weighted by Gasteiger charge is 2.03. The van der Waals surface area contributed by atoms with Crippen LogP contribution in [0.15, 0.2) is 12.2 Å². The largest absolute Gasteiger partial charge is 0.346 e. The van der Waals surface area contributed by atoms with Gasteiger partial charge in [-0.05, 0) is 13.3 Å². The van der Waals surface area contributed by atoms with Crippen LogP contribution in [0.2, 0.25) is 0 Å². The predicted octanol–water partition coefficient (Wildman–Crippen LogP) is 1.81. The maximum atomic E-state index is 10.4. The maximum Gasteiger partial charge on any atom is 0.192 e. The molecule has 1 N–H and O–H groups in total. The molecular formula is C6H13O2P. The number of rotatable bonds is 3. The summed E-state index contributed by atoms with van der Waals surface area (Å²) >= 11 is 0. The van der Waals surface area contributed by atoms with E-state index in [9.17, 15) is 4.57 Å². The third kappa shape index (κ3) is 4.43. The zero-order valence-corrected chi connectivity index (χ0v) is 6.79. The molecule has 0 bridgehead atoms. The summed E-state index contributed by atoms with van der Waals surface area (Å²) in [6.45, 7) is 3.68. The van der Waals surface area contributed by atoms with Crippen LogP contribution in [0.25, 0.3) is 0 Å². The number of hydrogen-bond acceptors (Lipinski definition) is 1. The van der Waals surface area contributed by atoms with Gasteiger partial charge in [-0.2, -0.15) is 0 Å². The molecule has 2 atom stereocenters. The molecular weight excluding hydrogens is 135 g/mol. The smallest absolute Gasteiger partial charge is 0.192 e. The van der Waals surface area contributed by atoms with Crippen molar-refractivity contribution in [2.45, 2.75) is 25.9 Å². The molecule has 0 rings (SSSR count). The molecule has 2 unspecified atom stereocenters. The Hall–Kier alpha value is -0.0700. The maximum absolute atomic E-state index is 10.4. The second kappa shape index (κ2) is 4.78. The first-order valence-electron chi connectivity index (χ1n) is 3.02. The molecule has 54 valence electrons. The molecule has 0 radical (unpaired) electrons. The van der Waals surface area contributed by atoms with Crippen LogP contribution in [0, 0.1) is 0 Å². The van der Waals surface area contributed by atoms with Gasteiger partial charge in [-0.3, -0.25) is 4.57 Å². The van der Waals surface area contributed by atoms with Crippen molar-refractivity contribution in [1.82, 2.24) is 0 Å². The molecule has 0 fully saturated rings. The van der Waals surface area contributed by atoms with Gasteiger partial charge in [0.05, 0.1) is 0 Å². The van der Waals surface area contributed by atoms with Crippen molar-refractivity contribution in [3.05, 3.63) is 12.2 Å². The minimum atomic E-state index is -2.29. The molecule has 0 saturated carbocycles. The van der Waals surface area contributed by atoms with Crippen LogP contribution in [0.4, 0.5) is 0 Å². The summed E-state index contributed by atoms with van der Waals surface area (Å²) in [5.74, 6) is 0. The third-order valence-corrected chi connectivity index (χ3v) is 2.23. The highest BCUT2D eigenvalue weighted by molar-refractivity contribution is 7.38. The highest BCUT2D eigenvalue weighted by atomic mass is 31.1. The SMILES string of the molecule is CC=CCC(C)[PH](=O)O. The fourth-order valence-electron chi connectivity index (χ4n) is 0.441. The van der Waals surface area contributed by atoms with E-state index in [1.165, 1.54) is 0 Å². The third-order valence-electron chi connectivity index (χ3n) is 1.15. The fraction of sp³-hybridized carbons (Fsp3) is 0.667. The molecule has 2 nitrogen and oxygen atoms in total. The molecule has 0 heterocycles. The Morgan fingerprint density at radius 1 is 1.78 bits per heavy atom. The van der Waals surface area contributed by atoms with Gasteiger partial charge >= 0.3 is 0 Å². The van der Waals surface area contributed by atoms with Gasteiger partial charge < -0.3 is 4.89 Å². The Kier molecular flexibility index (Phi) is 4.74. The first kappa shape index (κ1) is 8.93. The fourth-order valence-corrected chi connectivity index (χ4v) is 0.779. The summed E-state index contributed by atoms with van der Waals surface area (Å²) < 4.78 is 10.4. The first-order chi connectivity index (χ1) is 4.18. The van der Waals surface area contributed by atoms with Gasteiger partial charge in [-0.15, -0.1) is 0 Å². The summed E-state index contributed by atoms with van der Waals surface area (Å²) in [5.41, 5.74) is -0.0637. The van der Waals surface area contributed by atoms with Gasteiger partial charge in [0.15, 0.2) is 8.03 Å². The Bertz CT molecular complexity index is 120. The molecule has 3 heteroatoms. The molecule has 0 aromatic heterocycles. The molecule has 0 aliphatic carbocycles. The highest BCUT2D eigenvalue weighted by Crippen LogP contribution is 2.24. The molecule has 0 aromatic rings. The van der Waals surface area contributed by atoms with E-state index in [0.717, 1.165) is 0 Å². The minimum Gasteiger partial charge on any atom is -0.346 e. The first-order valence-corrected chi connectivity index (χ1v) is 4.45. The Labute approximate surface area is 56.5 Å². The molecule has 0 saturated heterocycles. The van der Waals surface area contributed by atoms with Crippen molar-refractivity contribution in [2.24, 2.45) is 0 Å². The van der Waals surface area contributed by atoms with Gasteiger partial charge in [0, 0.05) is 5.66 Å². The van der Waals surface area contributed by atoms with Crippen molar-refractivity contribution >= 4 is 8.03 Å². The monoisotopic (exact) mass is 148 g/mol. The van der Waals surface area contributed by atoms with Gasteiger partial charge in [0.2, 0.25) is 0 Å². The van der Waals surface area contributed by atoms with Crippen LogP contribution >= 0.6 is 8.03 Å². The molecule has 0 aliphatic rings. The van der Waals surface area contributed by atoms with Crippen LogP contribution in [-0.4, -0.2) is 10.6 Å². The van der Waals surface area contributed by atoms with E-state index < -0.39 is 8.03 Å². The van der Waals surface area contributed by atoms with E-state index >= 15 is 0 Å². The van der Waals surface area contributed by atoms with E-state index in [0.29, 0.717) is 6.42 Å². The van der Waals surface area contributed by atoms with Crippen molar-refractivity contribution in [3.63, 3.8) is 0 Å². The quantitative estimate of drug-likeness (QED) is 0.489. The van der Waals surface area contributed by atoms with Crippen molar-refractivity contribution in [2.75, 3.05) is 0 Å². The van der Waals surface area contributed by atoms with Crippen molar-refractivity contribution in [1.29, 1.82) is 0 Å². The summed E-state index contributed by atoms with van der Waals surface area (Å²) in [4.78, 5) is 8.56. The Morgan fingerprint density at radius 2 is 2.33 bits per heavy atom. The Balaban J connectivity index is 3.50. The average Bonchev–Trinajstić information content (AvgIpc) is 1.82. The van der Waals surface area contributed by atoms with Gasteiger partial charge in [-0.1, -0.05) is 19.1 Å². The van der Waals surface area contributed by atoms with Crippen LogP contribution in [-0.2, 0) is 4.57 Å². The Morgan fingerprint density at radius 3 is 2.67 bits per heavy atom. The predicted molar refractivity (Wildman–Crippen MR) is 40.1 cm³/mol. The van der Waals surface area contributed by atoms with Crippen LogP contribution in [0.1, 0.15) is 20.3 Å². The second-order valence-electron chi connectivity index (χ2n) is 2.04. The minimum absolute atomic E-state index is 0.0637. The summed E-state index contributed by atoms with van der Waals surface area (Å²) in [5, 5.41) is 0. The van der Waals surface area contributed by atoms with Gasteiger partial charge in [0.25, 0.3) is 0 Å². The molecule has 0 aromatic carbocycles. The number of hydrogen-bond donors (Lipinski definition) is 1. The van der Waals surface area contributed by atoms with E-state index in [1.807, 2.05) is 19.1 Å². The van der Waals surface area contributed by atoms with E-state index in [1.54, 1.807) is 6.92 Å². The lowest BCUT2D eigenvalue weighted by molar-refractivity contribution is 0.492. The lowest BCUT2D eigenvalue weighted by atomic mass is 10.3. The van der Waals surface area contributed by atoms with Gasteiger partial charge in [0.1, 0.15) is 0 Å². The molecule has 9 heavy (non-hydrogen) atoms. The van der Waals surface area contributed by atoms with Crippen molar-refractivity contribution < 1.29 is 9.46 Å². The zero-order valence-electron chi connectivity index (χ0n) is 5.79. The molecule has 0 amide bonds. The summed E-state index contributed by atoms with van der Waals surface area (Å²) in [6, 6.07) is 0. The zero-order chi connectivity index (χ0) is 7.28. The topological polar surface area (TPSA) is 37.3 Å². The standard InChI is InChI=1S/C6H13O2P/c1-3-4-5-6(2)9(7)8/h3-4,6,9H,5H2,1-2H3,(H,7,8). The molecule has 0 aliphatic heterocycles. The average molecular weight is 148 g/mol. The van der Waals surface area contributed by atoms with Crippen LogP contribution in [0.5, 0.6) is 0 Å². The lowest BCUT2D eigenvalue weighted by Gasteiger charge is -2.00. The number of allylic oxidation sites excluding steroid dienone is 2. The van der Waals surface area contributed by atoms with E-state index in [-0.39, 0.29) is 5.66 Å². The summed E-state index contributed by atoms with van der Waals surface area (Å²) in [6.07, 6.45) is 4.51. The molecule has 0 spiro atoms. The van der Waals surface area contributed by atoms with Crippen LogP contribution < -0.4 is 0 Å². The lowest BCUT2D eigenvalue weighted by Crippen LogP contribution is -1.90. The second-order valence-corrected chi connectivity index (χ2v) is 3.71. The van der Waals surface area contributed by atoms with Crippen molar-refractivity contribution in [3.8, 4) is 0 Å². The van der Waals surface area contributed by atoms with E-state index in [2.05, 4.69) is 0 Å². The van der Waals surface area contributed by atoms with Crippen LogP contribution in [0.3, 0.4) is 0 Å². The normalized spacial score (nSPS) is 18.1. The van der Waals surface area contributed by atoms with E-state index in [4.69, 9.17) is 4.89 Å². The van der Waals surface area contributed by atoms with Gasteiger partial charge in [-0.25, -0.2) is 0 Å². The summed E-state index contributed by atoms with van der Waals surface area (Å²) in [7, 11) is -2.29.